The van der Waals surface area contributed by atoms with E-state index in [0.717, 1.165) is 0 Å². The van der Waals surface area contributed by atoms with Crippen LogP contribution in [0.4, 0.5) is 13.2 Å². The van der Waals surface area contributed by atoms with Crippen molar-refractivity contribution in [3.05, 3.63) is 0 Å². The van der Waals surface area contributed by atoms with E-state index in [1.807, 2.05) is 32.8 Å². The monoisotopic (exact) mass is 240 g/mol. The second-order valence-electron chi connectivity index (χ2n) is 4.90. The van der Waals surface area contributed by atoms with Crippen molar-refractivity contribution in [2.45, 2.75) is 50.9 Å². The molecule has 0 bridgehead atoms. The third-order valence-electron chi connectivity index (χ3n) is 3.31. The van der Waals surface area contributed by atoms with Crippen LogP contribution in [-0.4, -0.2) is 43.8 Å². The minimum atomic E-state index is -4.04. The molecule has 0 aromatic carbocycles. The van der Waals surface area contributed by atoms with Crippen molar-refractivity contribution >= 4 is 0 Å². The van der Waals surface area contributed by atoms with Gasteiger partial charge in [0.1, 0.15) is 0 Å². The molecule has 0 rings (SSSR count). The predicted molar refractivity (Wildman–Crippen MR) is 60.5 cm³/mol. The van der Waals surface area contributed by atoms with E-state index in [9.17, 15) is 13.2 Å². The SMILES string of the molecule is CNC(CCCC(F)(F)F)C(C)(C)N(C)C. The lowest BCUT2D eigenvalue weighted by atomic mass is 9.89. The van der Waals surface area contributed by atoms with Gasteiger partial charge < -0.3 is 10.2 Å². The third kappa shape index (κ3) is 5.16. The van der Waals surface area contributed by atoms with E-state index >= 15 is 0 Å². The fraction of sp³-hybridized carbons (Fsp3) is 1.00. The minimum Gasteiger partial charge on any atom is -0.315 e. The molecule has 1 N–H and O–H groups in total. The first kappa shape index (κ1) is 15.7. The highest BCUT2D eigenvalue weighted by Gasteiger charge is 2.32. The standard InChI is InChI=1S/C11H23F3N2/c1-10(2,16(4)5)9(15-3)7-6-8-11(12,13)14/h9,15H,6-8H2,1-5H3. The van der Waals surface area contributed by atoms with Crippen LogP contribution in [0.2, 0.25) is 0 Å². The van der Waals surface area contributed by atoms with Crippen molar-refractivity contribution in [2.75, 3.05) is 21.1 Å². The number of hydrogen-bond acceptors (Lipinski definition) is 2. The Labute approximate surface area is 96.2 Å². The highest BCUT2D eigenvalue weighted by Crippen LogP contribution is 2.25. The number of likely N-dealkylation sites (N-methyl/N-ethyl adjacent to an activating group) is 2. The molecule has 0 spiro atoms. The van der Waals surface area contributed by atoms with Gasteiger partial charge in [-0.3, -0.25) is 0 Å². The van der Waals surface area contributed by atoms with Crippen LogP contribution in [0.25, 0.3) is 0 Å². The van der Waals surface area contributed by atoms with Crippen LogP contribution < -0.4 is 5.32 Å². The highest BCUT2D eigenvalue weighted by atomic mass is 19.4. The molecule has 0 aliphatic rings. The van der Waals surface area contributed by atoms with Crippen molar-refractivity contribution in [3.8, 4) is 0 Å². The number of halogens is 3. The Morgan fingerprint density at radius 3 is 2.00 bits per heavy atom. The molecule has 0 saturated heterocycles. The second-order valence-corrected chi connectivity index (χ2v) is 4.90. The van der Waals surface area contributed by atoms with E-state index in [1.54, 1.807) is 7.05 Å². The first-order valence-corrected chi connectivity index (χ1v) is 5.52. The van der Waals surface area contributed by atoms with Crippen molar-refractivity contribution in [2.24, 2.45) is 0 Å². The molecule has 16 heavy (non-hydrogen) atoms. The van der Waals surface area contributed by atoms with Crippen molar-refractivity contribution in [1.82, 2.24) is 10.2 Å². The zero-order valence-corrected chi connectivity index (χ0v) is 10.8. The summed E-state index contributed by atoms with van der Waals surface area (Å²) in [4.78, 5) is 2.03. The summed E-state index contributed by atoms with van der Waals surface area (Å²) in [6.07, 6.45) is -4.04. The van der Waals surface area contributed by atoms with E-state index in [4.69, 9.17) is 0 Å². The predicted octanol–water partition coefficient (Wildman–Crippen LogP) is 2.65. The van der Waals surface area contributed by atoms with Gasteiger partial charge >= 0.3 is 6.18 Å². The quantitative estimate of drug-likeness (QED) is 0.768. The van der Waals surface area contributed by atoms with Crippen LogP contribution >= 0.6 is 0 Å². The average molecular weight is 240 g/mol. The van der Waals surface area contributed by atoms with Crippen LogP contribution in [0.15, 0.2) is 0 Å². The van der Waals surface area contributed by atoms with Gasteiger partial charge in [0, 0.05) is 18.0 Å². The number of nitrogens with one attached hydrogen (secondary N) is 1. The van der Waals surface area contributed by atoms with E-state index in [1.165, 1.54) is 0 Å². The molecule has 98 valence electrons. The number of hydrogen-bond donors (Lipinski definition) is 1. The first-order chi connectivity index (χ1) is 7.11. The van der Waals surface area contributed by atoms with Crippen molar-refractivity contribution in [1.29, 1.82) is 0 Å². The minimum absolute atomic E-state index is 0.0600. The van der Waals surface area contributed by atoms with Crippen LogP contribution in [-0.2, 0) is 0 Å². The normalized spacial score (nSPS) is 15.6. The van der Waals surface area contributed by atoms with Gasteiger partial charge in [-0.25, -0.2) is 0 Å². The maximum Gasteiger partial charge on any atom is 0.389 e. The van der Waals surface area contributed by atoms with Crippen molar-refractivity contribution in [3.63, 3.8) is 0 Å². The number of alkyl halides is 3. The molecular formula is C11H23F3N2. The number of rotatable bonds is 6. The third-order valence-corrected chi connectivity index (χ3v) is 3.31. The fourth-order valence-electron chi connectivity index (χ4n) is 1.67. The summed E-state index contributed by atoms with van der Waals surface area (Å²) in [5.41, 5.74) is -0.152. The molecule has 0 aliphatic carbocycles. The Hall–Kier alpha value is -0.290. The summed E-state index contributed by atoms with van der Waals surface area (Å²) in [6, 6.07) is 0.0600. The first-order valence-electron chi connectivity index (χ1n) is 5.52. The Morgan fingerprint density at radius 2 is 1.69 bits per heavy atom. The van der Waals surface area contributed by atoms with Gasteiger partial charge in [0.2, 0.25) is 0 Å². The summed E-state index contributed by atoms with van der Waals surface area (Å²) < 4.78 is 36.1. The summed E-state index contributed by atoms with van der Waals surface area (Å²) in [7, 11) is 5.67. The largest absolute Gasteiger partial charge is 0.389 e. The van der Waals surface area contributed by atoms with Crippen LogP contribution in [0.5, 0.6) is 0 Å². The lowest BCUT2D eigenvalue weighted by Crippen LogP contribution is -2.54. The van der Waals surface area contributed by atoms with Gasteiger partial charge in [0.05, 0.1) is 0 Å². The van der Waals surface area contributed by atoms with Gasteiger partial charge in [-0.1, -0.05) is 0 Å². The Balaban J connectivity index is 4.21. The molecule has 0 fully saturated rings. The molecule has 0 aromatic heterocycles. The Kier molecular flexibility index (Phi) is 5.76. The zero-order valence-electron chi connectivity index (χ0n) is 10.8. The number of nitrogens with zero attached hydrogens (tertiary/aromatic N) is 1. The van der Waals surface area contributed by atoms with Crippen molar-refractivity contribution < 1.29 is 13.2 Å². The van der Waals surface area contributed by atoms with Crippen LogP contribution in [0, 0.1) is 0 Å². The zero-order chi connectivity index (χ0) is 13.0. The van der Waals surface area contributed by atoms with E-state index in [0.29, 0.717) is 6.42 Å². The molecule has 0 saturated carbocycles. The molecule has 1 unspecified atom stereocenters. The topological polar surface area (TPSA) is 15.3 Å². The second kappa shape index (κ2) is 5.87. The van der Waals surface area contributed by atoms with Gasteiger partial charge in [-0.2, -0.15) is 13.2 Å². The Morgan fingerprint density at radius 1 is 1.19 bits per heavy atom. The van der Waals surface area contributed by atoms with Gasteiger partial charge in [-0.15, -0.1) is 0 Å². The molecular weight excluding hydrogens is 217 g/mol. The molecule has 0 aliphatic heterocycles. The average Bonchev–Trinajstić information content (AvgIpc) is 2.10. The highest BCUT2D eigenvalue weighted by molar-refractivity contribution is 4.90. The lowest BCUT2D eigenvalue weighted by Gasteiger charge is -2.40. The maximum absolute atomic E-state index is 12.0. The van der Waals surface area contributed by atoms with E-state index in [-0.39, 0.29) is 18.0 Å². The van der Waals surface area contributed by atoms with Crippen LogP contribution in [0.1, 0.15) is 33.1 Å². The molecule has 0 radical (unpaired) electrons. The summed E-state index contributed by atoms with van der Waals surface area (Å²) in [6.45, 7) is 4.06. The van der Waals surface area contributed by atoms with Crippen LogP contribution in [0.3, 0.4) is 0 Å². The molecule has 2 nitrogen and oxygen atoms in total. The van der Waals surface area contributed by atoms with E-state index in [2.05, 4.69) is 5.32 Å². The molecule has 1 atom stereocenters. The van der Waals surface area contributed by atoms with E-state index < -0.39 is 12.6 Å². The smallest absolute Gasteiger partial charge is 0.315 e. The molecule has 0 amide bonds. The van der Waals surface area contributed by atoms with Gasteiger partial charge in [0.25, 0.3) is 0 Å². The van der Waals surface area contributed by atoms with Gasteiger partial charge in [0.15, 0.2) is 0 Å². The summed E-state index contributed by atoms with van der Waals surface area (Å²) in [5, 5.41) is 3.10. The van der Waals surface area contributed by atoms with Gasteiger partial charge in [-0.05, 0) is 47.8 Å². The molecule has 0 heterocycles. The summed E-state index contributed by atoms with van der Waals surface area (Å²) >= 11 is 0. The lowest BCUT2D eigenvalue weighted by molar-refractivity contribution is -0.136. The summed E-state index contributed by atoms with van der Waals surface area (Å²) in [5.74, 6) is 0. The molecule has 5 heteroatoms. The molecule has 0 aromatic rings. The maximum atomic E-state index is 12.0. The fourth-order valence-corrected chi connectivity index (χ4v) is 1.67. The Bertz CT molecular complexity index is 200.